The summed E-state index contributed by atoms with van der Waals surface area (Å²) in [5.41, 5.74) is 0.997. The highest BCUT2D eigenvalue weighted by Gasteiger charge is 2.14. The minimum Gasteiger partial charge on any atom is -0.461 e. The van der Waals surface area contributed by atoms with Crippen molar-refractivity contribution in [2.45, 2.75) is 11.7 Å². The van der Waals surface area contributed by atoms with Gasteiger partial charge in [0.2, 0.25) is 5.91 Å². The Kier molecular flexibility index (Phi) is 5.22. The third kappa shape index (κ3) is 3.98. The number of carbonyl (C=O) groups excluding carboxylic acids is 1. The van der Waals surface area contributed by atoms with Crippen molar-refractivity contribution in [3.05, 3.63) is 53.2 Å². The van der Waals surface area contributed by atoms with Gasteiger partial charge >= 0.3 is 0 Å². The predicted octanol–water partition coefficient (Wildman–Crippen LogP) is 3.14. The highest BCUT2D eigenvalue weighted by atomic mass is 35.5. The van der Waals surface area contributed by atoms with Crippen molar-refractivity contribution in [1.82, 2.24) is 20.1 Å². The van der Waals surface area contributed by atoms with Gasteiger partial charge in [-0.1, -0.05) is 35.5 Å². The maximum absolute atomic E-state index is 12.0. The molecule has 0 saturated carbocycles. The number of hydrogen-bond acceptors (Lipinski definition) is 5. The van der Waals surface area contributed by atoms with Gasteiger partial charge in [-0.2, -0.15) is 0 Å². The zero-order valence-corrected chi connectivity index (χ0v) is 14.5. The summed E-state index contributed by atoms with van der Waals surface area (Å²) in [5, 5.41) is 12.4. The van der Waals surface area contributed by atoms with Crippen LogP contribution in [0.25, 0.3) is 11.6 Å². The predicted molar refractivity (Wildman–Crippen MR) is 92.7 cm³/mol. The number of thioether (sulfide) groups is 1. The number of nitrogens with zero attached hydrogens (tertiary/aromatic N) is 3. The molecule has 0 unspecified atom stereocenters. The van der Waals surface area contributed by atoms with Crippen molar-refractivity contribution in [1.29, 1.82) is 0 Å². The number of benzene rings is 1. The molecule has 1 N–H and O–H groups in total. The van der Waals surface area contributed by atoms with Gasteiger partial charge in [0.05, 0.1) is 12.0 Å². The molecular formula is C16H15ClN4O2S. The Labute approximate surface area is 148 Å². The summed E-state index contributed by atoms with van der Waals surface area (Å²) < 4.78 is 7.12. The highest BCUT2D eigenvalue weighted by molar-refractivity contribution is 7.99. The van der Waals surface area contributed by atoms with Gasteiger partial charge in [0.25, 0.3) is 0 Å². The molecule has 0 bridgehead atoms. The fourth-order valence-electron chi connectivity index (χ4n) is 2.04. The molecule has 8 heteroatoms. The topological polar surface area (TPSA) is 73.0 Å². The van der Waals surface area contributed by atoms with E-state index in [0.29, 0.717) is 28.3 Å². The molecule has 0 spiro atoms. The van der Waals surface area contributed by atoms with E-state index in [-0.39, 0.29) is 11.7 Å². The molecule has 0 fully saturated rings. The molecule has 0 radical (unpaired) electrons. The smallest absolute Gasteiger partial charge is 0.230 e. The SMILES string of the molecule is Cn1c(SCC(=O)NCc2ccc(Cl)cc2)nnc1-c1ccco1. The summed E-state index contributed by atoms with van der Waals surface area (Å²) in [7, 11) is 1.84. The molecule has 2 heterocycles. The number of aromatic nitrogens is 3. The Bertz CT molecular complexity index is 815. The Morgan fingerprint density at radius 2 is 2.08 bits per heavy atom. The van der Waals surface area contributed by atoms with Gasteiger partial charge in [-0.15, -0.1) is 10.2 Å². The number of carbonyl (C=O) groups is 1. The molecule has 6 nitrogen and oxygen atoms in total. The first-order valence-electron chi connectivity index (χ1n) is 7.20. The van der Waals surface area contributed by atoms with Gasteiger partial charge in [-0.3, -0.25) is 4.79 Å². The van der Waals surface area contributed by atoms with E-state index in [0.717, 1.165) is 5.56 Å². The van der Waals surface area contributed by atoms with Gasteiger partial charge < -0.3 is 14.3 Å². The van der Waals surface area contributed by atoms with Crippen LogP contribution in [0.4, 0.5) is 0 Å². The quantitative estimate of drug-likeness (QED) is 0.682. The molecule has 124 valence electrons. The number of hydrogen-bond donors (Lipinski definition) is 1. The van der Waals surface area contributed by atoms with Gasteiger partial charge in [0.1, 0.15) is 0 Å². The Morgan fingerprint density at radius 3 is 2.79 bits per heavy atom. The molecule has 0 atom stereocenters. The van der Waals surface area contributed by atoms with E-state index < -0.39 is 0 Å². The van der Waals surface area contributed by atoms with Crippen LogP contribution in [0.1, 0.15) is 5.56 Å². The number of amides is 1. The van der Waals surface area contributed by atoms with Gasteiger partial charge in [0, 0.05) is 18.6 Å². The summed E-state index contributed by atoms with van der Waals surface area (Å²) in [6.45, 7) is 0.465. The van der Waals surface area contributed by atoms with Crippen molar-refractivity contribution in [3.8, 4) is 11.6 Å². The Hall–Kier alpha value is -2.25. The minimum atomic E-state index is -0.0718. The molecule has 0 saturated heterocycles. The summed E-state index contributed by atoms with van der Waals surface area (Å²) in [6, 6.07) is 11.0. The van der Waals surface area contributed by atoms with E-state index >= 15 is 0 Å². The van der Waals surface area contributed by atoms with E-state index in [1.54, 1.807) is 29.0 Å². The average molecular weight is 363 g/mol. The summed E-state index contributed by atoms with van der Waals surface area (Å²) >= 11 is 7.16. The van der Waals surface area contributed by atoms with Crippen LogP contribution < -0.4 is 5.32 Å². The third-order valence-corrected chi connectivity index (χ3v) is 4.58. The molecular weight excluding hydrogens is 348 g/mol. The maximum atomic E-state index is 12.0. The molecule has 3 aromatic rings. The standard InChI is InChI=1S/C16H15ClN4O2S/c1-21-15(13-3-2-8-23-13)19-20-16(21)24-10-14(22)18-9-11-4-6-12(17)7-5-11/h2-8H,9-10H2,1H3,(H,18,22). The van der Waals surface area contributed by atoms with Crippen LogP contribution in [0, 0.1) is 0 Å². The largest absolute Gasteiger partial charge is 0.461 e. The summed E-state index contributed by atoms with van der Waals surface area (Å²) in [5.74, 6) is 1.46. The lowest BCUT2D eigenvalue weighted by Gasteiger charge is -2.05. The van der Waals surface area contributed by atoms with Crippen LogP contribution in [0.5, 0.6) is 0 Å². The zero-order valence-electron chi connectivity index (χ0n) is 12.9. The van der Waals surface area contributed by atoms with Crippen LogP contribution in [-0.2, 0) is 18.4 Å². The molecule has 0 aliphatic heterocycles. The summed E-state index contributed by atoms with van der Waals surface area (Å²) in [6.07, 6.45) is 1.58. The second-order valence-corrected chi connectivity index (χ2v) is 6.41. The lowest BCUT2D eigenvalue weighted by Crippen LogP contribution is -2.24. The minimum absolute atomic E-state index is 0.0718. The Morgan fingerprint density at radius 1 is 1.29 bits per heavy atom. The van der Waals surface area contributed by atoms with Crippen LogP contribution in [0.2, 0.25) is 5.02 Å². The molecule has 2 aromatic heterocycles. The van der Waals surface area contributed by atoms with Gasteiger partial charge in [0.15, 0.2) is 16.7 Å². The number of rotatable bonds is 6. The van der Waals surface area contributed by atoms with Crippen LogP contribution >= 0.6 is 23.4 Å². The van der Waals surface area contributed by atoms with Crippen LogP contribution in [-0.4, -0.2) is 26.4 Å². The van der Waals surface area contributed by atoms with Crippen LogP contribution in [0.3, 0.4) is 0 Å². The number of nitrogens with one attached hydrogen (secondary N) is 1. The lowest BCUT2D eigenvalue weighted by atomic mass is 10.2. The van der Waals surface area contributed by atoms with E-state index in [4.69, 9.17) is 16.0 Å². The maximum Gasteiger partial charge on any atom is 0.230 e. The van der Waals surface area contributed by atoms with Crippen molar-refractivity contribution >= 4 is 29.3 Å². The average Bonchev–Trinajstić information content (AvgIpc) is 3.22. The van der Waals surface area contributed by atoms with Crippen molar-refractivity contribution in [2.75, 3.05) is 5.75 Å². The molecule has 0 aliphatic rings. The second kappa shape index (κ2) is 7.55. The van der Waals surface area contributed by atoms with Crippen molar-refractivity contribution in [2.24, 2.45) is 7.05 Å². The molecule has 1 aromatic carbocycles. The molecule has 24 heavy (non-hydrogen) atoms. The first-order chi connectivity index (χ1) is 11.6. The first-order valence-corrected chi connectivity index (χ1v) is 8.57. The first kappa shape index (κ1) is 16.6. The summed E-state index contributed by atoms with van der Waals surface area (Å²) in [4.78, 5) is 12.0. The van der Waals surface area contributed by atoms with Crippen LogP contribution in [0.15, 0.2) is 52.2 Å². The van der Waals surface area contributed by atoms with Crippen molar-refractivity contribution in [3.63, 3.8) is 0 Å². The number of halogens is 1. The van der Waals surface area contributed by atoms with E-state index in [9.17, 15) is 4.79 Å². The van der Waals surface area contributed by atoms with Crippen molar-refractivity contribution < 1.29 is 9.21 Å². The van der Waals surface area contributed by atoms with E-state index in [1.165, 1.54) is 11.8 Å². The van der Waals surface area contributed by atoms with E-state index in [1.807, 2.05) is 25.2 Å². The lowest BCUT2D eigenvalue weighted by molar-refractivity contribution is -0.118. The number of furan rings is 1. The normalized spacial score (nSPS) is 10.8. The second-order valence-electron chi connectivity index (χ2n) is 5.03. The fraction of sp³-hybridized carbons (Fsp3) is 0.188. The zero-order chi connectivity index (χ0) is 16.9. The molecule has 1 amide bonds. The monoisotopic (exact) mass is 362 g/mol. The Balaban J connectivity index is 1.52. The third-order valence-electron chi connectivity index (χ3n) is 3.31. The fourth-order valence-corrected chi connectivity index (χ4v) is 2.91. The van der Waals surface area contributed by atoms with E-state index in [2.05, 4.69) is 15.5 Å². The molecule has 0 aliphatic carbocycles. The van der Waals surface area contributed by atoms with Gasteiger partial charge in [-0.05, 0) is 29.8 Å². The molecule has 3 rings (SSSR count). The highest BCUT2D eigenvalue weighted by Crippen LogP contribution is 2.22. The van der Waals surface area contributed by atoms with Gasteiger partial charge in [-0.25, -0.2) is 0 Å².